The van der Waals surface area contributed by atoms with E-state index < -0.39 is 153 Å². The summed E-state index contributed by atoms with van der Waals surface area (Å²) in [6.45, 7) is -2.19. The van der Waals surface area contributed by atoms with Gasteiger partial charge in [-0.15, -0.1) is 0 Å². The molecule has 0 aliphatic heterocycles. The molecule has 31 nitrogen and oxygen atoms in total. The quantitative estimate of drug-likeness (QED) is 0.0229. The molecule has 0 saturated carbocycles. The first kappa shape index (κ1) is 77.1. The number of amides is 10. The van der Waals surface area contributed by atoms with Crippen molar-refractivity contribution >= 4 is 101 Å². The first-order valence-electron chi connectivity index (χ1n) is 29.9. The highest BCUT2D eigenvalue weighted by Crippen LogP contribution is 2.18. The van der Waals surface area contributed by atoms with Crippen LogP contribution >= 0.6 is 12.6 Å². The van der Waals surface area contributed by atoms with Crippen LogP contribution in [0.15, 0.2) is 66.7 Å². The van der Waals surface area contributed by atoms with Gasteiger partial charge in [-0.05, 0) is 98.2 Å². The zero-order valence-electron chi connectivity index (χ0n) is 50.6. The fourth-order valence-corrected chi connectivity index (χ4v) is 9.27. The minimum atomic E-state index is -1.80. The summed E-state index contributed by atoms with van der Waals surface area (Å²) in [5.74, 6) is -12.3. The Morgan fingerprint density at radius 1 is 0.391 bits per heavy atom. The molecular weight excluding hydrogens is 1230 g/mol. The SMILES string of the molecule is O=C(O)CC[C@H](NC(=O)NC(CCCCNC(=O)CCCCCCC(=O)NCCCC[C@@H](NC(=O)[C@@H](Cc1ccc2ccccc2c1)NC(=O)C(Cc1ccc(O)cc1)NC(=O)[C@H](CO)NC(=O)[C@H](CCO)NC(=O)[C@H](CO)NC(=O)CS)C(=O)O)C(=O)O)C(=O)O. The third-order valence-corrected chi connectivity index (χ3v) is 14.5. The van der Waals surface area contributed by atoms with Crippen LogP contribution in [0.2, 0.25) is 0 Å². The summed E-state index contributed by atoms with van der Waals surface area (Å²) < 4.78 is 0. The van der Waals surface area contributed by atoms with E-state index >= 15 is 0 Å². The van der Waals surface area contributed by atoms with E-state index in [-0.39, 0.29) is 87.8 Å². The van der Waals surface area contributed by atoms with E-state index in [1.807, 2.05) is 18.2 Å². The number of phenolic OH excluding ortho intramolecular Hbond substituents is 1. The predicted molar refractivity (Wildman–Crippen MR) is 331 cm³/mol. The van der Waals surface area contributed by atoms with E-state index in [1.54, 1.807) is 24.3 Å². The van der Waals surface area contributed by atoms with Crippen LogP contribution in [0.3, 0.4) is 0 Å². The predicted octanol–water partition coefficient (Wildman–Crippen LogP) is -1.40. The molecular formula is C60H84N10O21S. The van der Waals surface area contributed by atoms with E-state index in [2.05, 4.69) is 65.8 Å². The topological polar surface area (TPSA) is 504 Å². The molecule has 506 valence electrons. The minimum Gasteiger partial charge on any atom is -0.508 e. The van der Waals surface area contributed by atoms with E-state index in [4.69, 9.17) is 5.11 Å². The van der Waals surface area contributed by atoms with Crippen molar-refractivity contribution in [2.45, 2.75) is 157 Å². The summed E-state index contributed by atoms with van der Waals surface area (Å²) in [5, 5.41) is 103. The van der Waals surface area contributed by atoms with E-state index in [9.17, 15) is 98.1 Å². The van der Waals surface area contributed by atoms with Gasteiger partial charge < -0.3 is 94.0 Å². The zero-order valence-corrected chi connectivity index (χ0v) is 51.5. The second-order valence-corrected chi connectivity index (χ2v) is 21.8. The number of aliphatic hydroxyl groups excluding tert-OH is 3. The number of unbranched alkanes of at least 4 members (excludes halogenated alkanes) is 5. The average molecular weight is 1310 g/mol. The number of urea groups is 1. The lowest BCUT2D eigenvalue weighted by Gasteiger charge is -2.27. The van der Waals surface area contributed by atoms with Gasteiger partial charge in [0.1, 0.15) is 54.1 Å². The molecule has 3 rings (SSSR count). The van der Waals surface area contributed by atoms with Gasteiger partial charge in [-0.3, -0.25) is 43.2 Å². The number of fused-ring (bicyclic) bond motifs is 1. The number of aromatic hydroxyl groups is 1. The molecule has 0 spiro atoms. The molecule has 0 heterocycles. The van der Waals surface area contributed by atoms with Gasteiger partial charge in [0, 0.05) is 51.8 Å². The lowest BCUT2D eigenvalue weighted by atomic mass is 9.99. The fraction of sp³-hybridized carbons (Fsp3) is 0.517. The molecule has 18 N–H and O–H groups in total. The van der Waals surface area contributed by atoms with Crippen LogP contribution in [0.1, 0.15) is 107 Å². The maximum atomic E-state index is 14.5. The molecule has 0 saturated heterocycles. The number of hydrogen-bond donors (Lipinski definition) is 19. The number of hydrogen-bond acceptors (Lipinski definition) is 18. The Morgan fingerprint density at radius 2 is 0.815 bits per heavy atom. The molecule has 0 radical (unpaired) electrons. The van der Waals surface area contributed by atoms with Crippen LogP contribution in [-0.2, 0) is 70.4 Å². The first-order chi connectivity index (χ1) is 43.9. The van der Waals surface area contributed by atoms with Gasteiger partial charge >= 0.3 is 29.9 Å². The van der Waals surface area contributed by atoms with Crippen LogP contribution in [-0.4, -0.2) is 205 Å². The molecule has 32 heteroatoms. The van der Waals surface area contributed by atoms with E-state index in [1.165, 1.54) is 24.3 Å². The second kappa shape index (κ2) is 42.0. The number of carbonyl (C=O) groups is 13. The number of phenols is 1. The summed E-state index contributed by atoms with van der Waals surface area (Å²) in [5.41, 5.74) is 0.932. The Bertz CT molecular complexity index is 2980. The number of benzene rings is 3. The third-order valence-electron chi connectivity index (χ3n) is 14.2. The summed E-state index contributed by atoms with van der Waals surface area (Å²) in [7, 11) is 0. The number of carbonyl (C=O) groups excluding carboxylic acids is 9. The highest BCUT2D eigenvalue weighted by Gasteiger charge is 2.34. The van der Waals surface area contributed by atoms with Crippen molar-refractivity contribution in [2.75, 3.05) is 38.7 Å². The Morgan fingerprint density at radius 3 is 1.30 bits per heavy atom. The molecule has 8 atom stereocenters. The Kier molecular flexibility index (Phi) is 35.2. The van der Waals surface area contributed by atoms with Crippen molar-refractivity contribution in [2.24, 2.45) is 0 Å². The van der Waals surface area contributed by atoms with Crippen molar-refractivity contribution in [3.63, 3.8) is 0 Å². The molecule has 3 aromatic rings. The van der Waals surface area contributed by atoms with Gasteiger partial charge in [0.05, 0.1) is 19.0 Å². The Balaban J connectivity index is 1.56. The Hall–Kier alpha value is -9.14. The molecule has 0 aliphatic carbocycles. The highest BCUT2D eigenvalue weighted by molar-refractivity contribution is 7.81. The lowest BCUT2D eigenvalue weighted by Crippen LogP contribution is -2.61. The monoisotopic (exact) mass is 1310 g/mol. The van der Waals surface area contributed by atoms with E-state index in [0.29, 0.717) is 49.7 Å². The van der Waals surface area contributed by atoms with Crippen LogP contribution in [0.4, 0.5) is 4.79 Å². The summed E-state index contributed by atoms with van der Waals surface area (Å²) in [6.07, 6.45) is 1.95. The average Bonchev–Trinajstić information content (AvgIpc) is 0.901. The molecule has 10 amide bonds. The van der Waals surface area contributed by atoms with Crippen molar-refractivity contribution in [3.05, 3.63) is 77.9 Å². The maximum Gasteiger partial charge on any atom is 0.326 e. The first-order valence-corrected chi connectivity index (χ1v) is 30.5. The van der Waals surface area contributed by atoms with Crippen LogP contribution in [0.5, 0.6) is 5.75 Å². The number of aliphatic carboxylic acids is 4. The molecule has 2 unspecified atom stereocenters. The number of carboxylic acids is 4. The minimum absolute atomic E-state index is 0.0316. The number of rotatable bonds is 45. The standard InChI is InChI=1S/C60H84N10O21S/c71-28-25-40(64-55(83)46(32-72)63-50(77)34-92)52(80)68-47(33-73)56(84)67-44(30-35-18-21-39(74)22-19-35)54(82)66-45(31-36-17-20-37-11-5-6-12-38(37)29-36)53(81)65-41(57(85)86)13-7-9-26-61-48(75)15-3-1-2-4-16-49(76)62-27-10-8-14-42(58(87)88)69-60(91)70-43(59(89)90)23-24-51(78)79/h5-6,11-12,17-22,29,40-47,71-74,92H,1-4,7-10,13-16,23-28,30-34H2,(H,61,75)(H,62,76)(H,63,77)(H,64,83)(H,65,81)(H,66,82)(H,67,84)(H,68,80)(H,78,79)(H,85,86)(H,87,88)(H,89,90)(H2,69,70,91)/t40-,41+,42?,43-,44?,45+,46-,47-/m0/s1. The second-order valence-electron chi connectivity index (χ2n) is 21.5. The zero-order chi connectivity index (χ0) is 68.1. The van der Waals surface area contributed by atoms with Crippen molar-refractivity contribution in [3.8, 4) is 5.75 Å². The van der Waals surface area contributed by atoms with Crippen molar-refractivity contribution in [1.82, 2.24) is 53.2 Å². The lowest BCUT2D eigenvalue weighted by molar-refractivity contribution is -0.143. The van der Waals surface area contributed by atoms with Gasteiger partial charge in [-0.25, -0.2) is 19.2 Å². The highest BCUT2D eigenvalue weighted by atomic mass is 32.1. The van der Waals surface area contributed by atoms with Crippen molar-refractivity contribution in [1.29, 1.82) is 0 Å². The molecule has 0 bridgehead atoms. The van der Waals surface area contributed by atoms with Gasteiger partial charge in [-0.1, -0.05) is 67.4 Å². The summed E-state index contributed by atoms with van der Waals surface area (Å²) >= 11 is 3.81. The normalized spacial score (nSPS) is 13.6. The number of thiol groups is 1. The largest absolute Gasteiger partial charge is 0.508 e. The molecule has 92 heavy (non-hydrogen) atoms. The number of carboxylic acid groups (broad SMARTS) is 4. The summed E-state index contributed by atoms with van der Waals surface area (Å²) in [4.78, 5) is 164. The van der Waals surface area contributed by atoms with Gasteiger partial charge in [0.25, 0.3) is 0 Å². The van der Waals surface area contributed by atoms with Crippen LogP contribution < -0.4 is 53.2 Å². The van der Waals surface area contributed by atoms with Crippen molar-refractivity contribution < 1.29 is 103 Å². The smallest absolute Gasteiger partial charge is 0.326 e. The molecule has 0 aliphatic rings. The van der Waals surface area contributed by atoms with E-state index in [0.717, 1.165) is 10.8 Å². The van der Waals surface area contributed by atoms with Gasteiger partial charge in [-0.2, -0.15) is 12.6 Å². The number of aliphatic hydroxyl groups is 3. The molecule has 0 fully saturated rings. The number of nitrogens with one attached hydrogen (secondary N) is 10. The van der Waals surface area contributed by atoms with Gasteiger partial charge in [0.15, 0.2) is 0 Å². The molecule has 3 aromatic carbocycles. The maximum absolute atomic E-state index is 14.5. The van der Waals surface area contributed by atoms with Gasteiger partial charge in [0.2, 0.25) is 47.3 Å². The Labute approximate surface area is 534 Å². The molecule has 0 aromatic heterocycles. The van der Waals surface area contributed by atoms with Crippen LogP contribution in [0.25, 0.3) is 10.8 Å². The van der Waals surface area contributed by atoms with Crippen LogP contribution in [0, 0.1) is 0 Å². The summed E-state index contributed by atoms with van der Waals surface area (Å²) in [6, 6.07) is 4.69. The third kappa shape index (κ3) is 29.7. The fourth-order valence-electron chi connectivity index (χ4n) is 9.18.